The van der Waals surface area contributed by atoms with Crippen molar-refractivity contribution in [3.8, 4) is 0 Å². The second kappa shape index (κ2) is 8.86. The summed E-state index contributed by atoms with van der Waals surface area (Å²) >= 11 is 0. The van der Waals surface area contributed by atoms with E-state index in [2.05, 4.69) is 11.4 Å². The fourth-order valence-electron chi connectivity index (χ4n) is 2.43. The number of carbonyl (C=O) groups is 1. The number of hydrogen-bond donors (Lipinski definition) is 1. The molecule has 1 aliphatic rings. The number of hydrogen-bond acceptors (Lipinski definition) is 6. The zero-order valence-electron chi connectivity index (χ0n) is 12.7. The van der Waals surface area contributed by atoms with Crippen LogP contribution in [0, 0.1) is 0 Å². The summed E-state index contributed by atoms with van der Waals surface area (Å²) in [5.74, 6) is -0.0607. The molecular weight excluding hydrogens is 297 g/mol. The van der Waals surface area contributed by atoms with E-state index in [4.69, 9.17) is 4.52 Å². The average molecular weight is 322 g/mol. The van der Waals surface area contributed by atoms with Crippen LogP contribution < -0.4 is 4.89 Å². The fraction of sp³-hybridized carbons (Fsp3) is 0.923. The van der Waals surface area contributed by atoms with Gasteiger partial charge in [-0.15, -0.1) is 0 Å². The zero-order valence-corrected chi connectivity index (χ0v) is 13.6. The fourth-order valence-corrected chi connectivity index (χ4v) is 2.89. The summed E-state index contributed by atoms with van der Waals surface area (Å²) in [6.45, 7) is 2.16. The van der Waals surface area contributed by atoms with Gasteiger partial charge < -0.3 is 23.9 Å². The Kier molecular flexibility index (Phi) is 7.84. The van der Waals surface area contributed by atoms with Gasteiger partial charge in [0.1, 0.15) is 0 Å². The largest absolute Gasteiger partial charge is 0.756 e. The number of likely N-dealkylation sites (tertiary alicyclic amines) is 1. The molecule has 1 aliphatic heterocycles. The summed E-state index contributed by atoms with van der Waals surface area (Å²) < 4.78 is 20.1. The molecule has 0 spiro atoms. The molecule has 0 bridgehead atoms. The first-order valence-electron chi connectivity index (χ1n) is 7.38. The number of unbranched alkanes of at least 4 members (excludes halogenated alkanes) is 3. The minimum Gasteiger partial charge on any atom is -0.756 e. The van der Waals surface area contributed by atoms with Crippen molar-refractivity contribution in [2.75, 3.05) is 20.3 Å². The highest BCUT2D eigenvalue weighted by Crippen LogP contribution is 2.38. The lowest BCUT2D eigenvalue weighted by molar-refractivity contribution is -0.224. The number of aliphatic hydroxyl groups excluding tert-OH is 1. The molecule has 0 aromatic carbocycles. The summed E-state index contributed by atoms with van der Waals surface area (Å²) in [6, 6.07) is -0.420. The van der Waals surface area contributed by atoms with Crippen molar-refractivity contribution in [1.29, 1.82) is 0 Å². The Morgan fingerprint density at radius 3 is 2.76 bits per heavy atom. The standard InChI is InChI=1S/C13H26NO6P/c1-3-4-5-6-7-13(16)14-9-12(15)8-11(14)10-20-21(17,18)19-2/h11-12,15H,3-10H2,1-2H3,(H,17,18)/p-1/t11?,12-/m1/s1. The second-order valence-corrected chi connectivity index (χ2v) is 6.84. The van der Waals surface area contributed by atoms with Gasteiger partial charge in [0, 0.05) is 20.1 Å². The molecule has 0 aliphatic carbocycles. The molecule has 7 nitrogen and oxygen atoms in total. The highest BCUT2D eigenvalue weighted by atomic mass is 31.2. The molecule has 0 radical (unpaired) electrons. The number of nitrogens with zero attached hydrogens (tertiary/aromatic N) is 1. The molecule has 1 saturated heterocycles. The Labute approximate surface area is 125 Å². The maximum absolute atomic E-state index is 12.1. The van der Waals surface area contributed by atoms with Crippen molar-refractivity contribution in [3.05, 3.63) is 0 Å². The van der Waals surface area contributed by atoms with Crippen LogP contribution in [-0.2, 0) is 18.4 Å². The van der Waals surface area contributed by atoms with Gasteiger partial charge in [0.2, 0.25) is 5.91 Å². The highest BCUT2D eigenvalue weighted by molar-refractivity contribution is 7.45. The van der Waals surface area contributed by atoms with Crippen molar-refractivity contribution < 1.29 is 28.4 Å². The average Bonchev–Trinajstić information content (AvgIpc) is 2.82. The van der Waals surface area contributed by atoms with E-state index in [1.807, 2.05) is 0 Å². The van der Waals surface area contributed by atoms with Gasteiger partial charge >= 0.3 is 0 Å². The summed E-state index contributed by atoms with van der Waals surface area (Å²) in [4.78, 5) is 24.8. The summed E-state index contributed by atoms with van der Waals surface area (Å²) in [7, 11) is -3.28. The number of aliphatic hydroxyl groups is 1. The molecule has 1 amide bonds. The van der Waals surface area contributed by atoms with Gasteiger partial charge in [0.25, 0.3) is 7.82 Å². The van der Waals surface area contributed by atoms with E-state index in [9.17, 15) is 19.4 Å². The minimum atomic E-state index is -4.30. The van der Waals surface area contributed by atoms with Crippen molar-refractivity contribution >= 4 is 13.7 Å². The lowest BCUT2D eigenvalue weighted by Crippen LogP contribution is -2.38. The van der Waals surface area contributed by atoms with Gasteiger partial charge in [0.05, 0.1) is 18.8 Å². The van der Waals surface area contributed by atoms with Crippen LogP contribution in [0.15, 0.2) is 0 Å². The van der Waals surface area contributed by atoms with E-state index in [0.29, 0.717) is 12.8 Å². The van der Waals surface area contributed by atoms with Crippen molar-refractivity contribution in [2.45, 2.75) is 57.6 Å². The molecule has 1 heterocycles. The van der Waals surface area contributed by atoms with E-state index in [1.165, 1.54) is 4.90 Å². The van der Waals surface area contributed by atoms with Gasteiger partial charge in [-0.25, -0.2) is 0 Å². The predicted octanol–water partition coefficient (Wildman–Crippen LogP) is 1.05. The van der Waals surface area contributed by atoms with E-state index in [0.717, 1.165) is 32.8 Å². The van der Waals surface area contributed by atoms with E-state index in [1.54, 1.807) is 0 Å². The first-order valence-corrected chi connectivity index (χ1v) is 8.84. The van der Waals surface area contributed by atoms with Crippen molar-refractivity contribution in [2.24, 2.45) is 0 Å². The Morgan fingerprint density at radius 2 is 2.14 bits per heavy atom. The Bertz CT molecular complexity index is 378. The molecule has 21 heavy (non-hydrogen) atoms. The third-order valence-corrected chi connectivity index (χ3v) is 4.52. The van der Waals surface area contributed by atoms with Crippen LogP contribution >= 0.6 is 7.82 Å². The summed E-state index contributed by atoms with van der Waals surface area (Å²) in [6.07, 6.45) is 4.11. The van der Waals surface area contributed by atoms with Crippen LogP contribution in [0.3, 0.4) is 0 Å². The lowest BCUT2D eigenvalue weighted by Gasteiger charge is -2.27. The number of β-amino-alcohol motifs (C(OH)–C–C–N with tert-alkyl or cyclic N) is 1. The SMILES string of the molecule is CCCCCCC(=O)N1C[C@H](O)CC1COP(=O)([O-])OC. The van der Waals surface area contributed by atoms with Crippen LogP contribution in [0.1, 0.15) is 45.4 Å². The monoisotopic (exact) mass is 322 g/mol. The van der Waals surface area contributed by atoms with Crippen LogP contribution in [0.25, 0.3) is 0 Å². The molecule has 124 valence electrons. The van der Waals surface area contributed by atoms with Crippen LogP contribution in [-0.4, -0.2) is 48.3 Å². The first-order chi connectivity index (χ1) is 9.89. The number of amides is 1. The molecule has 1 rings (SSSR count). The molecule has 0 aromatic heterocycles. The van der Waals surface area contributed by atoms with Crippen LogP contribution in [0.5, 0.6) is 0 Å². The van der Waals surface area contributed by atoms with Crippen molar-refractivity contribution in [3.63, 3.8) is 0 Å². The van der Waals surface area contributed by atoms with Gasteiger partial charge in [-0.2, -0.15) is 0 Å². The quantitative estimate of drug-likeness (QED) is 0.503. The molecule has 1 fully saturated rings. The Hall–Kier alpha value is -0.460. The van der Waals surface area contributed by atoms with Gasteiger partial charge in [0.15, 0.2) is 0 Å². The molecule has 1 N–H and O–H groups in total. The number of carbonyl (C=O) groups excluding carboxylic acids is 1. The first kappa shape index (κ1) is 18.6. The number of phosphoric ester groups is 1. The molecular formula is C13H25NO6P-. The third-order valence-electron chi connectivity index (χ3n) is 3.61. The molecule has 0 aromatic rings. The number of rotatable bonds is 9. The van der Waals surface area contributed by atoms with Crippen LogP contribution in [0.4, 0.5) is 0 Å². The van der Waals surface area contributed by atoms with Gasteiger partial charge in [-0.05, 0) is 12.8 Å². The lowest BCUT2D eigenvalue weighted by atomic mass is 10.1. The summed E-state index contributed by atoms with van der Waals surface area (Å²) in [5, 5.41) is 9.69. The predicted molar refractivity (Wildman–Crippen MR) is 75.5 cm³/mol. The smallest absolute Gasteiger partial charge is 0.267 e. The molecule has 0 saturated carbocycles. The van der Waals surface area contributed by atoms with E-state index < -0.39 is 20.0 Å². The minimum absolute atomic E-state index is 0.0607. The van der Waals surface area contributed by atoms with Crippen LogP contribution in [0.2, 0.25) is 0 Å². The zero-order chi connectivity index (χ0) is 15.9. The topological polar surface area (TPSA) is 99.1 Å². The Balaban J connectivity index is 2.46. The summed E-state index contributed by atoms with van der Waals surface area (Å²) in [5.41, 5.74) is 0. The van der Waals surface area contributed by atoms with Crippen molar-refractivity contribution in [1.82, 2.24) is 4.90 Å². The maximum Gasteiger partial charge on any atom is 0.267 e. The maximum atomic E-state index is 12.1. The second-order valence-electron chi connectivity index (χ2n) is 5.33. The third kappa shape index (κ3) is 6.45. The number of phosphoric acid groups is 1. The van der Waals surface area contributed by atoms with Gasteiger partial charge in [-0.1, -0.05) is 26.2 Å². The normalized spacial score (nSPS) is 25.0. The van der Waals surface area contributed by atoms with Gasteiger partial charge in [-0.3, -0.25) is 9.36 Å². The molecule has 8 heteroatoms. The molecule has 3 atom stereocenters. The Morgan fingerprint density at radius 1 is 1.43 bits per heavy atom. The van der Waals surface area contributed by atoms with E-state index >= 15 is 0 Å². The molecule has 2 unspecified atom stereocenters. The highest BCUT2D eigenvalue weighted by Gasteiger charge is 2.34. The van der Waals surface area contributed by atoms with E-state index in [-0.39, 0.29) is 19.1 Å².